The molecule has 3 heterocycles. The molecule has 0 bridgehead atoms. The maximum Gasteiger partial charge on any atom is 0.322 e. The Bertz CT molecular complexity index is 1160. The van der Waals surface area contributed by atoms with Crippen molar-refractivity contribution in [2.24, 2.45) is 0 Å². The highest BCUT2D eigenvalue weighted by Gasteiger charge is 2.24. The number of carbonyl (C=O) groups is 2. The Morgan fingerprint density at radius 3 is 2.88 bits per heavy atom. The summed E-state index contributed by atoms with van der Waals surface area (Å²) in [5.41, 5.74) is 10.2. The van der Waals surface area contributed by atoms with Crippen LogP contribution in [0.15, 0.2) is 55.0 Å². The van der Waals surface area contributed by atoms with Crippen LogP contribution in [-0.4, -0.2) is 39.6 Å². The summed E-state index contributed by atoms with van der Waals surface area (Å²) in [6.07, 6.45) is 6.84. The highest BCUT2D eigenvalue weighted by Crippen LogP contribution is 2.24. The number of nitrogens with two attached hydrogens (primary N) is 1. The number of rotatable bonds is 5. The summed E-state index contributed by atoms with van der Waals surface area (Å²) in [7, 11) is 0. The number of urea groups is 1. The first-order valence-electron chi connectivity index (χ1n) is 10.1. The van der Waals surface area contributed by atoms with Crippen LogP contribution in [0.25, 0.3) is 0 Å². The zero-order chi connectivity index (χ0) is 22.5. The van der Waals surface area contributed by atoms with Crippen LogP contribution < -0.4 is 16.4 Å². The maximum absolute atomic E-state index is 12.8. The summed E-state index contributed by atoms with van der Waals surface area (Å²) < 4.78 is 0. The molecule has 162 valence electrons. The van der Waals surface area contributed by atoms with Crippen LogP contribution in [-0.2, 0) is 19.5 Å². The van der Waals surface area contributed by atoms with Crippen LogP contribution in [0.5, 0.6) is 0 Å². The zero-order valence-electron chi connectivity index (χ0n) is 17.3. The highest BCUT2D eigenvalue weighted by molar-refractivity contribution is 5.97. The van der Waals surface area contributed by atoms with Gasteiger partial charge in [0.2, 0.25) is 0 Å². The van der Waals surface area contributed by atoms with Gasteiger partial charge in [0.05, 0.1) is 0 Å². The molecule has 9 nitrogen and oxygen atoms in total. The minimum absolute atomic E-state index is 0.236. The van der Waals surface area contributed by atoms with Gasteiger partial charge in [-0.05, 0) is 47.4 Å². The molecule has 32 heavy (non-hydrogen) atoms. The van der Waals surface area contributed by atoms with Gasteiger partial charge in [0.25, 0.3) is 5.91 Å². The molecule has 2 aromatic heterocycles. The summed E-state index contributed by atoms with van der Waals surface area (Å²) in [5, 5.41) is 13.3. The second kappa shape index (κ2) is 9.25. The highest BCUT2D eigenvalue weighted by atomic mass is 16.2. The predicted molar refractivity (Wildman–Crippen MR) is 122 cm³/mol. The van der Waals surface area contributed by atoms with Crippen molar-refractivity contribution in [2.45, 2.75) is 19.5 Å². The van der Waals surface area contributed by atoms with E-state index in [1.54, 1.807) is 47.8 Å². The van der Waals surface area contributed by atoms with Crippen molar-refractivity contribution in [3.05, 3.63) is 82.8 Å². The number of nitrogens with one attached hydrogen (secondary N) is 3. The molecule has 0 aliphatic carbocycles. The van der Waals surface area contributed by atoms with Crippen molar-refractivity contribution >= 4 is 29.7 Å². The van der Waals surface area contributed by atoms with E-state index in [4.69, 9.17) is 11.1 Å². The summed E-state index contributed by atoms with van der Waals surface area (Å²) in [4.78, 5) is 35.1. The molecule has 0 spiro atoms. The van der Waals surface area contributed by atoms with Crippen LogP contribution >= 0.6 is 0 Å². The standard InChI is InChI=1S/C23H23N7O2/c24-10-20-19-6-8-30(14-17(19)13-27-21(20)25)23(32)29-18-5-1-4-16(9-18)22(31)28-12-15-3-2-7-26-11-15/h1-5,7,9-11,13,24H,6,8,12,14H2,(H2,25,27)(H,28,31)(H,29,32). The van der Waals surface area contributed by atoms with E-state index in [1.807, 2.05) is 12.1 Å². The van der Waals surface area contributed by atoms with Gasteiger partial charge in [-0.15, -0.1) is 0 Å². The Labute approximate surface area is 185 Å². The molecular weight excluding hydrogens is 406 g/mol. The molecule has 0 atom stereocenters. The van der Waals surface area contributed by atoms with Gasteiger partial charge in [-0.3, -0.25) is 9.78 Å². The quantitative estimate of drug-likeness (QED) is 0.462. The van der Waals surface area contributed by atoms with E-state index in [1.165, 1.54) is 6.21 Å². The zero-order valence-corrected chi connectivity index (χ0v) is 17.3. The van der Waals surface area contributed by atoms with Crippen LogP contribution in [0, 0.1) is 5.41 Å². The van der Waals surface area contributed by atoms with E-state index in [0.29, 0.717) is 48.7 Å². The summed E-state index contributed by atoms with van der Waals surface area (Å²) in [6, 6.07) is 10.2. The lowest BCUT2D eigenvalue weighted by atomic mass is 9.97. The number of aromatic nitrogens is 2. The Balaban J connectivity index is 1.40. The van der Waals surface area contributed by atoms with Crippen LogP contribution in [0.4, 0.5) is 16.3 Å². The molecule has 1 aromatic carbocycles. The summed E-state index contributed by atoms with van der Waals surface area (Å²) >= 11 is 0. The largest absolute Gasteiger partial charge is 0.383 e. The molecule has 0 saturated heterocycles. The van der Waals surface area contributed by atoms with E-state index < -0.39 is 0 Å². The number of amides is 3. The van der Waals surface area contributed by atoms with Crippen LogP contribution in [0.3, 0.4) is 0 Å². The van der Waals surface area contributed by atoms with Crippen LogP contribution in [0.1, 0.15) is 32.6 Å². The fourth-order valence-corrected chi connectivity index (χ4v) is 3.65. The first-order chi connectivity index (χ1) is 15.5. The number of hydrogen-bond acceptors (Lipinski definition) is 6. The van der Waals surface area contributed by atoms with E-state index >= 15 is 0 Å². The lowest BCUT2D eigenvalue weighted by Gasteiger charge is -2.29. The van der Waals surface area contributed by atoms with E-state index in [0.717, 1.165) is 16.7 Å². The van der Waals surface area contributed by atoms with Crippen molar-refractivity contribution < 1.29 is 9.59 Å². The number of pyridine rings is 2. The fourth-order valence-electron chi connectivity index (χ4n) is 3.65. The first-order valence-corrected chi connectivity index (χ1v) is 10.1. The molecule has 0 saturated carbocycles. The second-order valence-corrected chi connectivity index (χ2v) is 7.43. The van der Waals surface area contributed by atoms with Gasteiger partial charge < -0.3 is 26.7 Å². The van der Waals surface area contributed by atoms with Crippen molar-refractivity contribution in [2.75, 3.05) is 17.6 Å². The van der Waals surface area contributed by atoms with Crippen molar-refractivity contribution in [3.8, 4) is 0 Å². The second-order valence-electron chi connectivity index (χ2n) is 7.43. The maximum atomic E-state index is 12.8. The minimum Gasteiger partial charge on any atom is -0.383 e. The Morgan fingerprint density at radius 1 is 1.22 bits per heavy atom. The van der Waals surface area contributed by atoms with Gasteiger partial charge in [0.1, 0.15) is 5.82 Å². The lowest BCUT2D eigenvalue weighted by molar-refractivity contribution is 0.0951. The molecule has 4 rings (SSSR count). The van der Waals surface area contributed by atoms with Gasteiger partial charge in [0.15, 0.2) is 0 Å². The molecular formula is C23H23N7O2. The van der Waals surface area contributed by atoms with Gasteiger partial charge >= 0.3 is 6.03 Å². The third-order valence-electron chi connectivity index (χ3n) is 5.32. The predicted octanol–water partition coefficient (Wildman–Crippen LogP) is 2.58. The van der Waals surface area contributed by atoms with Crippen molar-refractivity contribution in [3.63, 3.8) is 0 Å². The van der Waals surface area contributed by atoms with Gasteiger partial charge in [-0.1, -0.05) is 12.1 Å². The smallest absolute Gasteiger partial charge is 0.322 e. The average Bonchev–Trinajstić information content (AvgIpc) is 2.83. The molecule has 9 heteroatoms. The number of carbonyl (C=O) groups excluding carboxylic acids is 2. The number of nitrogens with zero attached hydrogens (tertiary/aromatic N) is 3. The SMILES string of the molecule is N=Cc1c(N)ncc2c1CCN(C(=O)Nc1cccc(C(=O)NCc3cccnc3)c1)C2. The molecule has 0 fully saturated rings. The van der Waals surface area contributed by atoms with E-state index in [-0.39, 0.29) is 11.9 Å². The third-order valence-corrected chi connectivity index (χ3v) is 5.32. The molecule has 0 unspecified atom stereocenters. The number of nitrogen functional groups attached to an aromatic ring is 1. The topological polar surface area (TPSA) is 137 Å². The van der Waals surface area contributed by atoms with Crippen molar-refractivity contribution in [1.82, 2.24) is 20.2 Å². The van der Waals surface area contributed by atoms with E-state index in [2.05, 4.69) is 20.6 Å². The first kappa shape index (κ1) is 21.0. The Hall–Kier alpha value is -4.27. The summed E-state index contributed by atoms with van der Waals surface area (Å²) in [5.74, 6) is 0.0926. The number of fused-ring (bicyclic) bond motifs is 1. The molecule has 5 N–H and O–H groups in total. The van der Waals surface area contributed by atoms with Gasteiger partial charge in [0, 0.05) is 61.3 Å². The number of hydrogen-bond donors (Lipinski definition) is 4. The Morgan fingerprint density at radius 2 is 2.09 bits per heavy atom. The average molecular weight is 429 g/mol. The van der Waals surface area contributed by atoms with Gasteiger partial charge in [-0.2, -0.15) is 0 Å². The third kappa shape index (κ3) is 4.56. The monoisotopic (exact) mass is 429 g/mol. The van der Waals surface area contributed by atoms with Crippen molar-refractivity contribution in [1.29, 1.82) is 5.41 Å². The molecule has 3 amide bonds. The van der Waals surface area contributed by atoms with Gasteiger partial charge in [-0.25, -0.2) is 9.78 Å². The summed E-state index contributed by atoms with van der Waals surface area (Å²) in [6.45, 7) is 1.24. The molecule has 1 aliphatic rings. The normalized spacial score (nSPS) is 12.6. The Kier molecular flexibility index (Phi) is 6.07. The lowest BCUT2D eigenvalue weighted by Crippen LogP contribution is -2.39. The molecule has 1 aliphatic heterocycles. The molecule has 3 aromatic rings. The van der Waals surface area contributed by atoms with E-state index in [9.17, 15) is 9.59 Å². The minimum atomic E-state index is -0.267. The molecule has 0 radical (unpaired) electrons. The number of anilines is 2. The number of benzene rings is 1. The fraction of sp³-hybridized carbons (Fsp3) is 0.174. The van der Waals surface area contributed by atoms with Crippen LogP contribution in [0.2, 0.25) is 0 Å².